The maximum absolute atomic E-state index is 11.9. The Bertz CT molecular complexity index is 401. The third-order valence-corrected chi connectivity index (χ3v) is 4.49. The average Bonchev–Trinajstić information content (AvgIpc) is 2.50. The van der Waals surface area contributed by atoms with Crippen LogP contribution >= 0.6 is 0 Å². The zero-order valence-electron chi connectivity index (χ0n) is 13.7. The van der Waals surface area contributed by atoms with Crippen molar-refractivity contribution >= 4 is 5.91 Å². The van der Waals surface area contributed by atoms with Gasteiger partial charge in [-0.15, -0.1) is 0 Å². The van der Waals surface area contributed by atoms with Gasteiger partial charge in [-0.1, -0.05) is 88.6 Å². The molecule has 0 spiro atoms. The molecule has 0 aliphatic heterocycles. The Labute approximate surface area is 130 Å². The first kappa shape index (κ1) is 17.7. The zero-order valence-corrected chi connectivity index (χ0v) is 13.7. The number of carbonyl (C=O) groups is 1. The molecule has 1 rings (SSSR count). The van der Waals surface area contributed by atoms with E-state index in [0.717, 1.165) is 18.4 Å². The van der Waals surface area contributed by atoms with Crippen LogP contribution in [0.5, 0.6) is 0 Å². The maximum Gasteiger partial charge on any atom is 0.227 e. The summed E-state index contributed by atoms with van der Waals surface area (Å²) in [6.07, 6.45) is 11.1. The molecule has 0 saturated heterocycles. The standard InChI is InChI=1S/C19H31NO/c1-3-4-5-6-7-8-9-13-16-19(2,18(20)21)17-14-11-10-12-15-17/h10-12,14-15H,3-9,13,16H2,1-2H3,(H2,20,21). The Morgan fingerprint density at radius 3 is 2.00 bits per heavy atom. The molecule has 0 aromatic heterocycles. The van der Waals surface area contributed by atoms with E-state index in [1.807, 2.05) is 37.3 Å². The van der Waals surface area contributed by atoms with Crippen molar-refractivity contribution in [2.45, 2.75) is 77.0 Å². The van der Waals surface area contributed by atoms with Crippen LogP contribution in [0.3, 0.4) is 0 Å². The minimum absolute atomic E-state index is 0.211. The predicted octanol–water partition coefficient (Wildman–Crippen LogP) is 4.96. The van der Waals surface area contributed by atoms with E-state index in [2.05, 4.69) is 6.92 Å². The Kier molecular flexibility index (Phi) is 8.11. The molecular formula is C19H31NO. The van der Waals surface area contributed by atoms with Gasteiger partial charge in [0.2, 0.25) is 5.91 Å². The first-order valence-corrected chi connectivity index (χ1v) is 8.46. The van der Waals surface area contributed by atoms with Crippen LogP contribution in [0.15, 0.2) is 30.3 Å². The largest absolute Gasteiger partial charge is 0.369 e. The first-order valence-electron chi connectivity index (χ1n) is 8.46. The molecule has 0 fully saturated rings. The van der Waals surface area contributed by atoms with Gasteiger partial charge < -0.3 is 5.73 Å². The monoisotopic (exact) mass is 289 g/mol. The fourth-order valence-electron chi connectivity index (χ4n) is 2.83. The molecule has 2 nitrogen and oxygen atoms in total. The van der Waals surface area contributed by atoms with Crippen LogP contribution in [-0.2, 0) is 10.2 Å². The molecule has 1 aromatic carbocycles. The summed E-state index contributed by atoms with van der Waals surface area (Å²) in [4.78, 5) is 11.9. The van der Waals surface area contributed by atoms with Gasteiger partial charge in [0.25, 0.3) is 0 Å². The summed E-state index contributed by atoms with van der Waals surface area (Å²) in [5.74, 6) is -0.211. The minimum atomic E-state index is -0.524. The van der Waals surface area contributed by atoms with E-state index in [4.69, 9.17) is 5.73 Å². The van der Waals surface area contributed by atoms with E-state index in [0.29, 0.717) is 0 Å². The van der Waals surface area contributed by atoms with E-state index in [9.17, 15) is 4.79 Å². The van der Waals surface area contributed by atoms with Gasteiger partial charge in [-0.05, 0) is 18.9 Å². The third kappa shape index (κ3) is 5.91. The van der Waals surface area contributed by atoms with Crippen molar-refractivity contribution in [3.63, 3.8) is 0 Å². The number of rotatable bonds is 11. The summed E-state index contributed by atoms with van der Waals surface area (Å²) >= 11 is 0. The Balaban J connectivity index is 2.34. The number of unbranched alkanes of at least 4 members (excludes halogenated alkanes) is 7. The van der Waals surface area contributed by atoms with E-state index in [-0.39, 0.29) is 5.91 Å². The average molecular weight is 289 g/mol. The fourth-order valence-corrected chi connectivity index (χ4v) is 2.83. The molecular weight excluding hydrogens is 258 g/mol. The van der Waals surface area contributed by atoms with Crippen molar-refractivity contribution in [1.29, 1.82) is 0 Å². The SMILES string of the molecule is CCCCCCCCCCC(C)(C(N)=O)c1ccccc1. The van der Waals surface area contributed by atoms with Crippen LogP contribution in [0.2, 0.25) is 0 Å². The maximum atomic E-state index is 11.9. The van der Waals surface area contributed by atoms with Gasteiger partial charge in [-0.3, -0.25) is 4.79 Å². The van der Waals surface area contributed by atoms with Crippen molar-refractivity contribution in [1.82, 2.24) is 0 Å². The molecule has 0 saturated carbocycles. The molecule has 21 heavy (non-hydrogen) atoms. The minimum Gasteiger partial charge on any atom is -0.369 e. The highest BCUT2D eigenvalue weighted by Crippen LogP contribution is 2.29. The Morgan fingerprint density at radius 1 is 0.952 bits per heavy atom. The smallest absolute Gasteiger partial charge is 0.227 e. The molecule has 2 heteroatoms. The van der Waals surface area contributed by atoms with Gasteiger partial charge >= 0.3 is 0 Å². The number of carbonyl (C=O) groups excluding carboxylic acids is 1. The lowest BCUT2D eigenvalue weighted by atomic mass is 9.77. The highest BCUT2D eigenvalue weighted by molar-refractivity contribution is 5.86. The van der Waals surface area contributed by atoms with Gasteiger partial charge in [0.15, 0.2) is 0 Å². The Hall–Kier alpha value is -1.31. The summed E-state index contributed by atoms with van der Waals surface area (Å²) in [7, 11) is 0. The zero-order chi connectivity index (χ0) is 15.6. The summed E-state index contributed by atoms with van der Waals surface area (Å²) in [6.45, 7) is 4.22. The van der Waals surface area contributed by atoms with E-state index in [1.54, 1.807) is 0 Å². The molecule has 0 bridgehead atoms. The second-order valence-corrected chi connectivity index (χ2v) is 6.29. The third-order valence-electron chi connectivity index (χ3n) is 4.49. The Morgan fingerprint density at radius 2 is 1.48 bits per heavy atom. The highest BCUT2D eigenvalue weighted by Gasteiger charge is 2.32. The van der Waals surface area contributed by atoms with Crippen LogP contribution in [-0.4, -0.2) is 5.91 Å². The van der Waals surface area contributed by atoms with Crippen LogP contribution < -0.4 is 5.73 Å². The molecule has 0 aliphatic carbocycles. The predicted molar refractivity (Wildman–Crippen MR) is 90.2 cm³/mol. The molecule has 1 atom stereocenters. The van der Waals surface area contributed by atoms with Gasteiger partial charge in [0, 0.05) is 0 Å². The van der Waals surface area contributed by atoms with Crippen LogP contribution in [0, 0.1) is 0 Å². The second-order valence-electron chi connectivity index (χ2n) is 6.29. The topological polar surface area (TPSA) is 43.1 Å². The van der Waals surface area contributed by atoms with Crippen LogP contribution in [0.4, 0.5) is 0 Å². The van der Waals surface area contributed by atoms with Gasteiger partial charge in [-0.2, -0.15) is 0 Å². The van der Waals surface area contributed by atoms with Crippen molar-refractivity contribution < 1.29 is 4.79 Å². The highest BCUT2D eigenvalue weighted by atomic mass is 16.1. The van der Waals surface area contributed by atoms with Crippen LogP contribution in [0.25, 0.3) is 0 Å². The normalized spacial score (nSPS) is 13.8. The van der Waals surface area contributed by atoms with Crippen molar-refractivity contribution in [3.8, 4) is 0 Å². The molecule has 1 unspecified atom stereocenters. The fraction of sp³-hybridized carbons (Fsp3) is 0.632. The molecule has 0 aliphatic rings. The number of hydrogen-bond donors (Lipinski definition) is 1. The number of amides is 1. The number of benzene rings is 1. The first-order chi connectivity index (χ1) is 10.1. The summed E-state index contributed by atoms with van der Waals surface area (Å²) in [5, 5.41) is 0. The van der Waals surface area contributed by atoms with Crippen molar-refractivity contribution in [2.75, 3.05) is 0 Å². The molecule has 0 heterocycles. The summed E-state index contributed by atoms with van der Waals surface area (Å²) < 4.78 is 0. The summed E-state index contributed by atoms with van der Waals surface area (Å²) in [6, 6.07) is 9.95. The molecule has 118 valence electrons. The summed E-state index contributed by atoms with van der Waals surface area (Å²) in [5.41, 5.74) is 6.18. The van der Waals surface area contributed by atoms with E-state index >= 15 is 0 Å². The van der Waals surface area contributed by atoms with E-state index < -0.39 is 5.41 Å². The lowest BCUT2D eigenvalue weighted by Gasteiger charge is -2.26. The lowest BCUT2D eigenvalue weighted by molar-refractivity contribution is -0.123. The molecule has 0 radical (unpaired) electrons. The number of nitrogens with two attached hydrogens (primary N) is 1. The van der Waals surface area contributed by atoms with Crippen molar-refractivity contribution in [2.24, 2.45) is 5.73 Å². The molecule has 2 N–H and O–H groups in total. The lowest BCUT2D eigenvalue weighted by Crippen LogP contribution is -2.38. The number of primary amides is 1. The molecule has 1 aromatic rings. The van der Waals surface area contributed by atoms with Gasteiger partial charge in [-0.25, -0.2) is 0 Å². The van der Waals surface area contributed by atoms with Gasteiger partial charge in [0.1, 0.15) is 0 Å². The van der Waals surface area contributed by atoms with Gasteiger partial charge in [0.05, 0.1) is 5.41 Å². The molecule has 1 amide bonds. The van der Waals surface area contributed by atoms with Crippen LogP contribution in [0.1, 0.15) is 77.2 Å². The number of hydrogen-bond acceptors (Lipinski definition) is 1. The van der Waals surface area contributed by atoms with Crippen molar-refractivity contribution in [3.05, 3.63) is 35.9 Å². The quantitative estimate of drug-likeness (QED) is 0.575. The second kappa shape index (κ2) is 9.59. The van der Waals surface area contributed by atoms with E-state index in [1.165, 1.54) is 44.9 Å².